The largest absolute Gasteiger partial charge is 0.348 e. The van der Waals surface area contributed by atoms with Crippen molar-refractivity contribution < 1.29 is 8.78 Å². The Morgan fingerprint density at radius 1 is 1.21 bits per heavy atom. The summed E-state index contributed by atoms with van der Waals surface area (Å²) in [6.07, 6.45) is 1.20. The highest BCUT2D eigenvalue weighted by atomic mass is 35.5. The molecule has 2 rings (SSSR count). The number of anilines is 1. The maximum atomic E-state index is 12.8. The normalized spacial score (nSPS) is 17.4. The lowest BCUT2D eigenvalue weighted by molar-refractivity contribution is 0.509. The number of alkyl halides is 2. The zero-order valence-electron chi connectivity index (χ0n) is 6.69. The second kappa shape index (κ2) is 3.07. The van der Waals surface area contributed by atoms with E-state index >= 15 is 0 Å². The van der Waals surface area contributed by atoms with Crippen LogP contribution in [0, 0.1) is 11.6 Å². The van der Waals surface area contributed by atoms with Crippen molar-refractivity contribution in [2.45, 2.75) is 4.46 Å². The molecule has 0 atom stereocenters. The average Bonchev–Trinajstić information content (AvgIpc) is 2.07. The minimum absolute atomic E-state index is 0.261. The Hall–Kier alpha value is -0.870. The van der Waals surface area contributed by atoms with E-state index in [1.165, 1.54) is 6.21 Å². The van der Waals surface area contributed by atoms with Gasteiger partial charge in [0.2, 0.25) is 4.46 Å². The number of aliphatic imine (C=N–C) groups is 1. The fourth-order valence-corrected chi connectivity index (χ4v) is 1.41. The van der Waals surface area contributed by atoms with Crippen molar-refractivity contribution >= 4 is 40.8 Å². The average molecular weight is 237 g/mol. The summed E-state index contributed by atoms with van der Waals surface area (Å²) in [6.45, 7) is 0. The van der Waals surface area contributed by atoms with Crippen molar-refractivity contribution in [2.24, 2.45) is 4.99 Å². The molecule has 0 aromatic heterocycles. The van der Waals surface area contributed by atoms with Gasteiger partial charge in [0.05, 0.1) is 17.6 Å². The van der Waals surface area contributed by atoms with Crippen LogP contribution in [0.3, 0.4) is 0 Å². The molecule has 1 N–H and O–H groups in total. The van der Waals surface area contributed by atoms with Crippen LogP contribution < -0.4 is 5.32 Å². The van der Waals surface area contributed by atoms with Crippen LogP contribution in [0.25, 0.3) is 0 Å². The smallest absolute Gasteiger partial charge is 0.224 e. The van der Waals surface area contributed by atoms with Crippen molar-refractivity contribution in [1.29, 1.82) is 0 Å². The summed E-state index contributed by atoms with van der Waals surface area (Å²) in [7, 11) is 0. The molecule has 0 unspecified atom stereocenters. The van der Waals surface area contributed by atoms with Crippen LogP contribution in [0.4, 0.5) is 20.2 Å². The number of halogens is 4. The van der Waals surface area contributed by atoms with Crippen LogP contribution in [0.5, 0.6) is 0 Å². The van der Waals surface area contributed by atoms with Gasteiger partial charge in [0.1, 0.15) is 0 Å². The minimum Gasteiger partial charge on any atom is -0.348 e. The number of nitrogens with one attached hydrogen (secondary N) is 1. The van der Waals surface area contributed by atoms with E-state index in [1.54, 1.807) is 0 Å². The molecule has 0 fully saturated rings. The Morgan fingerprint density at radius 2 is 1.86 bits per heavy atom. The third-order valence-electron chi connectivity index (χ3n) is 1.71. The third-order valence-corrected chi connectivity index (χ3v) is 2.09. The lowest BCUT2D eigenvalue weighted by Gasteiger charge is -2.23. The van der Waals surface area contributed by atoms with E-state index in [2.05, 4.69) is 10.3 Å². The predicted molar refractivity (Wildman–Crippen MR) is 52.6 cm³/mol. The molecule has 1 aromatic carbocycles. The number of benzene rings is 1. The lowest BCUT2D eigenvalue weighted by Crippen LogP contribution is -2.28. The number of hydrogen-bond acceptors (Lipinski definition) is 2. The molecule has 0 amide bonds. The van der Waals surface area contributed by atoms with Crippen LogP contribution in [0.15, 0.2) is 17.1 Å². The van der Waals surface area contributed by atoms with Gasteiger partial charge in [0.15, 0.2) is 11.6 Å². The van der Waals surface area contributed by atoms with Gasteiger partial charge in [0.25, 0.3) is 0 Å². The van der Waals surface area contributed by atoms with E-state index < -0.39 is 16.1 Å². The molecule has 1 heterocycles. The van der Waals surface area contributed by atoms with Crippen molar-refractivity contribution in [3.8, 4) is 0 Å². The Kier molecular flexibility index (Phi) is 2.12. The van der Waals surface area contributed by atoms with Gasteiger partial charge in [-0.2, -0.15) is 0 Å². The van der Waals surface area contributed by atoms with Gasteiger partial charge < -0.3 is 5.32 Å². The van der Waals surface area contributed by atoms with Crippen molar-refractivity contribution in [3.63, 3.8) is 0 Å². The van der Waals surface area contributed by atoms with E-state index in [0.29, 0.717) is 0 Å². The second-order valence-corrected chi connectivity index (χ2v) is 4.18. The summed E-state index contributed by atoms with van der Waals surface area (Å²) < 4.78 is 24.2. The molecule has 0 bridgehead atoms. The molecule has 2 nitrogen and oxygen atoms in total. The molecule has 6 heteroatoms. The van der Waals surface area contributed by atoms with Crippen LogP contribution in [0.2, 0.25) is 0 Å². The molecule has 0 aliphatic carbocycles. The third kappa shape index (κ3) is 1.67. The molecule has 1 aliphatic rings. The quantitative estimate of drug-likeness (QED) is 0.543. The van der Waals surface area contributed by atoms with Crippen molar-refractivity contribution in [1.82, 2.24) is 0 Å². The molecule has 0 radical (unpaired) electrons. The molecule has 74 valence electrons. The monoisotopic (exact) mass is 236 g/mol. The Morgan fingerprint density at radius 3 is 2.57 bits per heavy atom. The maximum absolute atomic E-state index is 12.8. The first-order chi connectivity index (χ1) is 6.48. The van der Waals surface area contributed by atoms with Gasteiger partial charge in [-0.1, -0.05) is 23.2 Å². The Bertz CT molecular complexity index is 418. The Balaban J connectivity index is 2.52. The van der Waals surface area contributed by atoms with E-state index in [4.69, 9.17) is 23.2 Å². The van der Waals surface area contributed by atoms with Crippen LogP contribution in [-0.2, 0) is 0 Å². The van der Waals surface area contributed by atoms with Gasteiger partial charge in [-0.05, 0) is 0 Å². The van der Waals surface area contributed by atoms with Gasteiger partial charge in [-0.3, -0.25) is 4.99 Å². The van der Waals surface area contributed by atoms with E-state index in [0.717, 1.165) is 12.1 Å². The molecular formula is C8H4Cl2F2N2. The predicted octanol–water partition coefficient (Wildman–Crippen LogP) is 3.22. The zero-order valence-corrected chi connectivity index (χ0v) is 8.20. The highest BCUT2D eigenvalue weighted by Crippen LogP contribution is 2.36. The van der Waals surface area contributed by atoms with Crippen LogP contribution in [0.1, 0.15) is 0 Å². The Labute approximate surface area is 88.5 Å². The fourth-order valence-electron chi connectivity index (χ4n) is 1.11. The van der Waals surface area contributed by atoms with Crippen molar-refractivity contribution in [2.75, 3.05) is 5.32 Å². The molecular weight excluding hydrogens is 233 g/mol. The highest BCUT2D eigenvalue weighted by molar-refractivity contribution is 6.57. The first-order valence-corrected chi connectivity index (χ1v) is 4.44. The molecule has 0 saturated heterocycles. The highest BCUT2D eigenvalue weighted by Gasteiger charge is 2.26. The molecule has 0 spiro atoms. The maximum Gasteiger partial charge on any atom is 0.224 e. The minimum atomic E-state index is -1.38. The number of fused-ring (bicyclic) bond motifs is 1. The summed E-state index contributed by atoms with van der Waals surface area (Å²) in [4.78, 5) is 3.79. The second-order valence-electron chi connectivity index (χ2n) is 2.79. The van der Waals surface area contributed by atoms with Gasteiger partial charge in [-0.25, -0.2) is 8.78 Å². The van der Waals surface area contributed by atoms with Crippen molar-refractivity contribution in [3.05, 3.63) is 23.8 Å². The van der Waals surface area contributed by atoms with E-state index in [9.17, 15) is 8.78 Å². The topological polar surface area (TPSA) is 24.4 Å². The summed E-state index contributed by atoms with van der Waals surface area (Å²) in [6, 6.07) is 1.93. The van der Waals surface area contributed by atoms with Crippen LogP contribution >= 0.6 is 23.2 Å². The first-order valence-electron chi connectivity index (χ1n) is 3.68. The summed E-state index contributed by atoms with van der Waals surface area (Å²) in [5.74, 6) is -1.93. The fraction of sp³-hybridized carbons (Fsp3) is 0.125. The summed E-state index contributed by atoms with van der Waals surface area (Å²) in [5.41, 5.74) is 0.525. The van der Waals surface area contributed by atoms with Gasteiger partial charge in [-0.15, -0.1) is 0 Å². The number of hydrogen-bond donors (Lipinski definition) is 1. The number of rotatable bonds is 0. The molecule has 0 saturated carbocycles. The zero-order chi connectivity index (χ0) is 10.3. The standard InChI is InChI=1S/C8H4Cl2F2N2/c9-8(10)3-13-6-1-4(11)5(12)2-7(6)14-8/h1-3,14H. The van der Waals surface area contributed by atoms with E-state index in [-0.39, 0.29) is 11.4 Å². The SMILES string of the molecule is Fc1cc2c(cc1F)NC(Cl)(Cl)C=N2. The van der Waals surface area contributed by atoms with Gasteiger partial charge >= 0.3 is 0 Å². The molecule has 14 heavy (non-hydrogen) atoms. The molecule has 1 aromatic rings. The lowest BCUT2D eigenvalue weighted by atomic mass is 10.2. The summed E-state index contributed by atoms with van der Waals surface area (Å²) >= 11 is 11.4. The van der Waals surface area contributed by atoms with E-state index in [1.807, 2.05) is 0 Å². The molecule has 1 aliphatic heterocycles. The first kappa shape index (κ1) is 9.68. The number of nitrogens with zero attached hydrogens (tertiary/aromatic N) is 1. The van der Waals surface area contributed by atoms with Crippen LogP contribution in [-0.4, -0.2) is 10.7 Å². The van der Waals surface area contributed by atoms with Gasteiger partial charge in [0, 0.05) is 12.1 Å². The summed E-state index contributed by atoms with van der Waals surface area (Å²) in [5, 5.41) is 2.58.